The first kappa shape index (κ1) is 18.1. The van der Waals surface area contributed by atoms with Gasteiger partial charge < -0.3 is 19.7 Å². The van der Waals surface area contributed by atoms with Gasteiger partial charge in [0.2, 0.25) is 5.91 Å². The standard InChI is InChI=1S/C18H26N2O4/c1-3-4-5-16(14-6-8-15(23-2)9-7-14)19-17(21)10-11-20-12-13-24-18(20)22/h6-9,16H,3-5,10-13H2,1-2H3,(H,19,21)/t16-/m1/s1. The average molecular weight is 334 g/mol. The van der Waals surface area contributed by atoms with Crippen molar-refractivity contribution in [1.82, 2.24) is 10.2 Å². The second-order valence-electron chi connectivity index (χ2n) is 5.89. The number of carbonyl (C=O) groups excluding carboxylic acids is 2. The first-order valence-corrected chi connectivity index (χ1v) is 8.49. The largest absolute Gasteiger partial charge is 0.497 e. The molecule has 6 nitrogen and oxygen atoms in total. The highest BCUT2D eigenvalue weighted by Crippen LogP contribution is 2.22. The van der Waals surface area contributed by atoms with Gasteiger partial charge >= 0.3 is 6.09 Å². The van der Waals surface area contributed by atoms with E-state index in [0.717, 1.165) is 30.6 Å². The van der Waals surface area contributed by atoms with Crippen molar-refractivity contribution in [1.29, 1.82) is 0 Å². The minimum absolute atomic E-state index is 0.0196. The van der Waals surface area contributed by atoms with E-state index in [1.807, 2.05) is 24.3 Å². The summed E-state index contributed by atoms with van der Waals surface area (Å²) in [6, 6.07) is 7.75. The number of cyclic esters (lactones) is 1. The third kappa shape index (κ3) is 5.15. The lowest BCUT2D eigenvalue weighted by Crippen LogP contribution is -2.33. The maximum Gasteiger partial charge on any atom is 0.409 e. The fourth-order valence-electron chi connectivity index (χ4n) is 2.70. The molecule has 0 radical (unpaired) electrons. The fourth-order valence-corrected chi connectivity index (χ4v) is 2.70. The number of unbranched alkanes of at least 4 members (excludes halogenated alkanes) is 1. The lowest BCUT2D eigenvalue weighted by Gasteiger charge is -2.20. The van der Waals surface area contributed by atoms with Crippen molar-refractivity contribution >= 4 is 12.0 Å². The molecule has 1 aliphatic rings. The predicted molar refractivity (Wildman–Crippen MR) is 90.9 cm³/mol. The number of methoxy groups -OCH3 is 1. The highest BCUT2D eigenvalue weighted by molar-refractivity contribution is 5.77. The van der Waals surface area contributed by atoms with Crippen LogP contribution in [-0.2, 0) is 9.53 Å². The molecular weight excluding hydrogens is 308 g/mol. The lowest BCUT2D eigenvalue weighted by molar-refractivity contribution is -0.122. The number of benzene rings is 1. The molecular formula is C18H26N2O4. The maximum atomic E-state index is 12.3. The van der Waals surface area contributed by atoms with Crippen LogP contribution in [0.2, 0.25) is 0 Å². The van der Waals surface area contributed by atoms with Crippen LogP contribution in [-0.4, -0.2) is 43.7 Å². The van der Waals surface area contributed by atoms with E-state index in [9.17, 15) is 9.59 Å². The lowest BCUT2D eigenvalue weighted by atomic mass is 10.0. The third-order valence-electron chi connectivity index (χ3n) is 4.15. The Bertz CT molecular complexity index is 544. The van der Waals surface area contributed by atoms with Gasteiger partial charge in [0.05, 0.1) is 19.7 Å². The predicted octanol–water partition coefficient (Wildman–Crippen LogP) is 2.89. The number of ether oxygens (including phenoxy) is 2. The summed E-state index contributed by atoms with van der Waals surface area (Å²) >= 11 is 0. The molecule has 0 unspecified atom stereocenters. The molecule has 0 spiro atoms. The molecule has 2 rings (SSSR count). The van der Waals surface area contributed by atoms with Crippen molar-refractivity contribution in [2.75, 3.05) is 26.8 Å². The van der Waals surface area contributed by atoms with Crippen molar-refractivity contribution in [2.45, 2.75) is 38.6 Å². The zero-order valence-corrected chi connectivity index (χ0v) is 14.4. The number of amides is 2. The Morgan fingerprint density at radius 1 is 1.38 bits per heavy atom. The molecule has 1 N–H and O–H groups in total. The van der Waals surface area contributed by atoms with E-state index in [1.165, 1.54) is 0 Å². The van der Waals surface area contributed by atoms with Crippen LogP contribution < -0.4 is 10.1 Å². The minimum atomic E-state index is -0.333. The zero-order valence-electron chi connectivity index (χ0n) is 14.4. The highest BCUT2D eigenvalue weighted by Gasteiger charge is 2.23. The fraction of sp³-hybridized carbons (Fsp3) is 0.556. The van der Waals surface area contributed by atoms with E-state index in [0.29, 0.717) is 19.7 Å². The molecule has 132 valence electrons. The van der Waals surface area contributed by atoms with Crippen LogP contribution in [0.1, 0.15) is 44.2 Å². The average Bonchev–Trinajstić information content (AvgIpc) is 3.02. The van der Waals surface area contributed by atoms with Gasteiger partial charge in [-0.1, -0.05) is 31.9 Å². The number of hydrogen-bond donors (Lipinski definition) is 1. The molecule has 0 bridgehead atoms. The van der Waals surface area contributed by atoms with E-state index in [2.05, 4.69) is 12.2 Å². The second-order valence-corrected chi connectivity index (χ2v) is 5.89. The molecule has 0 saturated carbocycles. The maximum absolute atomic E-state index is 12.3. The van der Waals surface area contributed by atoms with E-state index in [1.54, 1.807) is 12.0 Å². The van der Waals surface area contributed by atoms with Gasteiger partial charge in [-0.15, -0.1) is 0 Å². The topological polar surface area (TPSA) is 67.9 Å². The van der Waals surface area contributed by atoms with Crippen LogP contribution >= 0.6 is 0 Å². The Kier molecular flexibility index (Phi) is 6.90. The quantitative estimate of drug-likeness (QED) is 0.754. The number of carbonyl (C=O) groups is 2. The van der Waals surface area contributed by atoms with Gasteiger partial charge in [-0.3, -0.25) is 4.79 Å². The molecule has 2 amide bonds. The summed E-state index contributed by atoms with van der Waals surface area (Å²) in [4.78, 5) is 25.2. The first-order chi connectivity index (χ1) is 11.6. The summed E-state index contributed by atoms with van der Waals surface area (Å²) in [7, 11) is 1.63. The van der Waals surface area contributed by atoms with Gasteiger partial charge in [-0.05, 0) is 24.1 Å². The summed E-state index contributed by atoms with van der Waals surface area (Å²) in [5.41, 5.74) is 1.07. The summed E-state index contributed by atoms with van der Waals surface area (Å²) in [6.07, 6.45) is 2.95. The van der Waals surface area contributed by atoms with Crippen LogP contribution in [0.4, 0.5) is 4.79 Å². The Balaban J connectivity index is 1.91. The molecule has 1 fully saturated rings. The van der Waals surface area contributed by atoms with Gasteiger partial charge in [-0.2, -0.15) is 0 Å². The smallest absolute Gasteiger partial charge is 0.409 e. The normalized spacial score (nSPS) is 15.1. The monoisotopic (exact) mass is 334 g/mol. The number of nitrogens with one attached hydrogen (secondary N) is 1. The van der Waals surface area contributed by atoms with Crippen LogP contribution in [0.3, 0.4) is 0 Å². The van der Waals surface area contributed by atoms with Crippen LogP contribution in [0.15, 0.2) is 24.3 Å². The molecule has 1 aromatic carbocycles. The molecule has 1 aromatic rings. The van der Waals surface area contributed by atoms with Crippen LogP contribution in [0.5, 0.6) is 5.75 Å². The van der Waals surface area contributed by atoms with Crippen molar-refractivity contribution in [3.05, 3.63) is 29.8 Å². The number of nitrogens with zero attached hydrogens (tertiary/aromatic N) is 1. The van der Waals surface area contributed by atoms with Crippen LogP contribution in [0.25, 0.3) is 0 Å². The van der Waals surface area contributed by atoms with E-state index in [-0.39, 0.29) is 24.5 Å². The molecule has 24 heavy (non-hydrogen) atoms. The molecule has 1 aliphatic heterocycles. The molecule has 1 saturated heterocycles. The highest BCUT2D eigenvalue weighted by atomic mass is 16.6. The van der Waals surface area contributed by atoms with Crippen molar-refractivity contribution in [3.63, 3.8) is 0 Å². The number of rotatable bonds is 9. The Morgan fingerprint density at radius 3 is 2.71 bits per heavy atom. The Morgan fingerprint density at radius 2 is 2.12 bits per heavy atom. The van der Waals surface area contributed by atoms with Gasteiger partial charge in [0.1, 0.15) is 12.4 Å². The minimum Gasteiger partial charge on any atom is -0.497 e. The van der Waals surface area contributed by atoms with Crippen molar-refractivity contribution in [2.24, 2.45) is 0 Å². The van der Waals surface area contributed by atoms with Gasteiger partial charge in [0, 0.05) is 13.0 Å². The van der Waals surface area contributed by atoms with Crippen molar-refractivity contribution < 1.29 is 19.1 Å². The summed E-state index contributed by atoms with van der Waals surface area (Å²) in [5, 5.41) is 3.09. The van der Waals surface area contributed by atoms with E-state index >= 15 is 0 Å². The SMILES string of the molecule is CCCC[C@@H](NC(=O)CCN1CCOC1=O)c1ccc(OC)cc1. The van der Waals surface area contributed by atoms with Crippen LogP contribution in [0, 0.1) is 0 Å². The van der Waals surface area contributed by atoms with Gasteiger partial charge in [0.25, 0.3) is 0 Å². The molecule has 1 heterocycles. The molecule has 6 heteroatoms. The van der Waals surface area contributed by atoms with E-state index < -0.39 is 0 Å². The molecule has 1 atom stereocenters. The number of hydrogen-bond acceptors (Lipinski definition) is 4. The summed E-state index contributed by atoms with van der Waals surface area (Å²) in [6.45, 7) is 3.49. The summed E-state index contributed by atoms with van der Waals surface area (Å²) < 4.78 is 10.0. The Hall–Kier alpha value is -2.24. The second kappa shape index (κ2) is 9.15. The van der Waals surface area contributed by atoms with Gasteiger partial charge in [-0.25, -0.2) is 4.79 Å². The third-order valence-corrected chi connectivity index (χ3v) is 4.15. The zero-order chi connectivity index (χ0) is 17.4. The molecule has 0 aliphatic carbocycles. The Labute approximate surface area is 143 Å². The first-order valence-electron chi connectivity index (χ1n) is 8.49. The summed E-state index contributed by atoms with van der Waals surface area (Å²) in [5.74, 6) is 0.749. The van der Waals surface area contributed by atoms with Crippen molar-refractivity contribution in [3.8, 4) is 5.75 Å². The molecule has 0 aromatic heterocycles. The van der Waals surface area contributed by atoms with E-state index in [4.69, 9.17) is 9.47 Å². The van der Waals surface area contributed by atoms with Gasteiger partial charge in [0.15, 0.2) is 0 Å².